The van der Waals surface area contributed by atoms with Gasteiger partial charge in [-0.3, -0.25) is 4.79 Å². The number of pyridine rings is 1. The number of carboxylic acid groups (broad SMARTS) is 1. The lowest BCUT2D eigenvalue weighted by atomic mass is 9.79. The van der Waals surface area contributed by atoms with Gasteiger partial charge in [-0.15, -0.1) is 5.10 Å². The molecule has 0 spiro atoms. The number of nitrogens with two attached hydrogens (primary N) is 1. The Morgan fingerprint density at radius 1 is 1.17 bits per heavy atom. The first-order valence-electron chi connectivity index (χ1n) is 12.0. The average Bonchev–Trinajstić information content (AvgIpc) is 3.28. The quantitative estimate of drug-likeness (QED) is 0.266. The Labute approximate surface area is 207 Å². The van der Waals surface area contributed by atoms with Crippen LogP contribution >= 0.6 is 0 Å². The molecule has 0 aliphatic heterocycles. The molecule has 35 heavy (non-hydrogen) atoms. The molecule has 0 radical (unpaired) electrons. The molecule has 0 aliphatic rings. The van der Waals surface area contributed by atoms with Gasteiger partial charge in [0, 0.05) is 26.8 Å². The van der Waals surface area contributed by atoms with Crippen LogP contribution in [0.25, 0.3) is 0 Å². The Kier molecular flexibility index (Phi) is 9.11. The molecule has 10 heteroatoms. The summed E-state index contributed by atoms with van der Waals surface area (Å²) < 4.78 is 7.47. The summed E-state index contributed by atoms with van der Waals surface area (Å²) in [6.45, 7) is 9.73. The molecule has 0 amide bonds. The molecule has 0 aliphatic carbocycles. The molecular weight excluding hydrogens is 460 g/mol. The molecule has 188 valence electrons. The van der Waals surface area contributed by atoms with Crippen LogP contribution in [0.1, 0.15) is 42.1 Å². The van der Waals surface area contributed by atoms with E-state index >= 15 is 0 Å². The van der Waals surface area contributed by atoms with E-state index in [0.29, 0.717) is 31.1 Å². The smallest absolute Gasteiger partial charge is 0.307 e. The van der Waals surface area contributed by atoms with Gasteiger partial charge < -0.3 is 15.6 Å². The summed E-state index contributed by atoms with van der Waals surface area (Å²) in [4.78, 5) is 16.8. The number of aromatic nitrogens is 5. The molecule has 3 aromatic rings. The highest BCUT2D eigenvalue weighted by Crippen LogP contribution is 2.35. The van der Waals surface area contributed by atoms with Crippen molar-refractivity contribution < 1.29 is 14.6 Å². The molecule has 0 saturated carbocycles. The maximum atomic E-state index is 12.6. The first-order valence-corrected chi connectivity index (χ1v) is 15.7. The Bertz CT molecular complexity index is 1070. The predicted molar refractivity (Wildman–Crippen MR) is 138 cm³/mol. The molecule has 3 atom stereocenters. The minimum Gasteiger partial charge on any atom is -0.481 e. The van der Waals surface area contributed by atoms with E-state index in [-0.39, 0.29) is 12.6 Å². The number of nitrogens with zero attached hydrogens (tertiary/aromatic N) is 5. The molecule has 3 N–H and O–H groups in total. The number of anilines is 1. The zero-order valence-corrected chi connectivity index (χ0v) is 22.0. The Morgan fingerprint density at radius 3 is 2.54 bits per heavy atom. The van der Waals surface area contributed by atoms with Crippen molar-refractivity contribution in [2.24, 2.45) is 5.92 Å². The van der Waals surface area contributed by atoms with E-state index in [0.717, 1.165) is 17.2 Å². The lowest BCUT2D eigenvalue weighted by Crippen LogP contribution is -2.29. The summed E-state index contributed by atoms with van der Waals surface area (Å²) in [5.41, 5.74) is 7.73. The minimum absolute atomic E-state index is 0.0432. The highest BCUT2D eigenvalue weighted by atomic mass is 28.3. The summed E-state index contributed by atoms with van der Waals surface area (Å²) >= 11 is 0. The molecule has 1 unspecified atom stereocenters. The minimum atomic E-state index is -1.23. The molecular formula is C25H36N6O3Si. The van der Waals surface area contributed by atoms with E-state index in [1.165, 1.54) is 0 Å². The molecule has 0 saturated heterocycles. The van der Waals surface area contributed by atoms with Crippen LogP contribution in [0, 0.1) is 5.92 Å². The van der Waals surface area contributed by atoms with Gasteiger partial charge in [0.2, 0.25) is 0 Å². The summed E-state index contributed by atoms with van der Waals surface area (Å²) in [6, 6.07) is 14.6. The fraction of sp³-hybridized carbons (Fsp3) is 0.480. The SMILES string of the molecule is CC(C[C@H](C(=O)O)[C@H](Cc1ccc(N)nc1)c1nnnn1COCC[Si](C)(C)C)c1ccccc1. The van der Waals surface area contributed by atoms with Gasteiger partial charge >= 0.3 is 5.97 Å². The molecule has 2 heterocycles. The van der Waals surface area contributed by atoms with Crippen molar-refractivity contribution >= 4 is 19.9 Å². The van der Waals surface area contributed by atoms with Gasteiger partial charge in [0.1, 0.15) is 12.5 Å². The van der Waals surface area contributed by atoms with E-state index in [1.54, 1.807) is 16.9 Å². The van der Waals surface area contributed by atoms with E-state index in [2.05, 4.69) is 47.1 Å². The zero-order chi connectivity index (χ0) is 25.4. The fourth-order valence-corrected chi connectivity index (χ4v) is 4.82. The van der Waals surface area contributed by atoms with Gasteiger partial charge in [0.15, 0.2) is 5.82 Å². The number of rotatable bonds is 13. The van der Waals surface area contributed by atoms with Crippen LogP contribution in [0.15, 0.2) is 48.7 Å². The molecule has 0 fully saturated rings. The van der Waals surface area contributed by atoms with E-state index in [9.17, 15) is 9.90 Å². The van der Waals surface area contributed by atoms with Crippen LogP contribution in [0.4, 0.5) is 5.82 Å². The van der Waals surface area contributed by atoms with Gasteiger partial charge in [-0.25, -0.2) is 9.67 Å². The Hall–Kier alpha value is -3.11. The second-order valence-corrected chi connectivity index (χ2v) is 15.9. The van der Waals surface area contributed by atoms with Crippen molar-refractivity contribution in [1.82, 2.24) is 25.2 Å². The number of tetrazole rings is 1. The molecule has 0 bridgehead atoms. The highest BCUT2D eigenvalue weighted by molar-refractivity contribution is 6.76. The van der Waals surface area contributed by atoms with Crippen LogP contribution in [0.5, 0.6) is 0 Å². The first kappa shape index (κ1) is 26.5. The second-order valence-electron chi connectivity index (χ2n) is 10.3. The molecule has 1 aromatic carbocycles. The zero-order valence-electron chi connectivity index (χ0n) is 21.0. The number of ether oxygens (including phenoxy) is 1. The number of carboxylic acids is 1. The number of aliphatic carboxylic acids is 1. The molecule has 9 nitrogen and oxygen atoms in total. The van der Waals surface area contributed by atoms with Crippen molar-refractivity contribution in [1.29, 1.82) is 0 Å². The van der Waals surface area contributed by atoms with Crippen molar-refractivity contribution in [3.05, 3.63) is 65.6 Å². The van der Waals surface area contributed by atoms with Gasteiger partial charge in [-0.1, -0.05) is 63.0 Å². The summed E-state index contributed by atoms with van der Waals surface area (Å²) in [7, 11) is -1.23. The largest absolute Gasteiger partial charge is 0.481 e. The van der Waals surface area contributed by atoms with Crippen LogP contribution in [0.2, 0.25) is 25.7 Å². The molecule has 2 aromatic heterocycles. The topological polar surface area (TPSA) is 129 Å². The third-order valence-electron chi connectivity index (χ3n) is 6.18. The Balaban J connectivity index is 1.87. The summed E-state index contributed by atoms with van der Waals surface area (Å²) in [6.07, 6.45) is 2.54. The highest BCUT2D eigenvalue weighted by Gasteiger charge is 2.35. The van der Waals surface area contributed by atoms with E-state index in [4.69, 9.17) is 10.5 Å². The van der Waals surface area contributed by atoms with Crippen molar-refractivity contribution in [2.45, 2.75) is 64.0 Å². The lowest BCUT2D eigenvalue weighted by Gasteiger charge is -2.26. The first-order chi connectivity index (χ1) is 16.6. The predicted octanol–water partition coefficient (Wildman–Crippen LogP) is 4.18. The number of hydrogen-bond donors (Lipinski definition) is 2. The van der Waals surface area contributed by atoms with Gasteiger partial charge in [-0.2, -0.15) is 0 Å². The van der Waals surface area contributed by atoms with E-state index < -0.39 is 25.9 Å². The number of nitrogen functional groups attached to an aromatic ring is 1. The van der Waals surface area contributed by atoms with Gasteiger partial charge in [-0.05, 0) is 52.4 Å². The molecule has 3 rings (SSSR count). The summed E-state index contributed by atoms with van der Waals surface area (Å²) in [5.74, 6) is -1.10. The average molecular weight is 497 g/mol. The maximum Gasteiger partial charge on any atom is 0.307 e. The van der Waals surface area contributed by atoms with Crippen molar-refractivity contribution in [2.75, 3.05) is 12.3 Å². The van der Waals surface area contributed by atoms with E-state index in [1.807, 2.05) is 36.4 Å². The third-order valence-corrected chi connectivity index (χ3v) is 7.89. The monoisotopic (exact) mass is 496 g/mol. The van der Waals surface area contributed by atoms with Crippen LogP contribution in [0.3, 0.4) is 0 Å². The van der Waals surface area contributed by atoms with Crippen LogP contribution in [-0.4, -0.2) is 50.9 Å². The normalized spacial score (nSPS) is 14.4. The van der Waals surface area contributed by atoms with Crippen molar-refractivity contribution in [3.8, 4) is 0 Å². The number of carbonyl (C=O) groups is 1. The number of hydrogen-bond acceptors (Lipinski definition) is 7. The lowest BCUT2D eigenvalue weighted by molar-refractivity contribution is -0.143. The number of benzene rings is 1. The second kappa shape index (κ2) is 12.0. The Morgan fingerprint density at radius 2 is 1.91 bits per heavy atom. The summed E-state index contributed by atoms with van der Waals surface area (Å²) in [5, 5.41) is 22.6. The van der Waals surface area contributed by atoms with Gasteiger partial charge in [0.25, 0.3) is 0 Å². The van der Waals surface area contributed by atoms with Crippen LogP contribution in [-0.2, 0) is 22.7 Å². The standard InChI is InChI=1S/C25H36N6O3Si/c1-18(20-8-6-5-7-9-20)14-22(25(32)33)21(15-19-10-11-23(26)27-16-19)24-28-29-30-31(24)17-34-12-13-35(2,3)4/h5-11,16,18,21-22H,12-15,17H2,1-4H3,(H2,26,27)(H,32,33)/t18?,21-,22-/m0/s1. The maximum absolute atomic E-state index is 12.6. The van der Waals surface area contributed by atoms with Crippen LogP contribution < -0.4 is 5.73 Å². The van der Waals surface area contributed by atoms with Gasteiger partial charge in [0.05, 0.1) is 5.92 Å². The fourth-order valence-electron chi connectivity index (χ4n) is 4.06. The van der Waals surface area contributed by atoms with Crippen molar-refractivity contribution in [3.63, 3.8) is 0 Å². The third kappa shape index (κ3) is 7.96.